The van der Waals surface area contributed by atoms with Gasteiger partial charge in [-0.1, -0.05) is 29.5 Å². The summed E-state index contributed by atoms with van der Waals surface area (Å²) in [6, 6.07) is 17.4. The van der Waals surface area contributed by atoms with Gasteiger partial charge in [0.15, 0.2) is 0 Å². The molecule has 168 valence electrons. The second kappa shape index (κ2) is 9.04. The average molecular weight is 443 g/mol. The number of fused-ring (bicyclic) bond motifs is 2. The molecule has 4 atom stereocenters. The summed E-state index contributed by atoms with van der Waals surface area (Å²) in [4.78, 5) is 12.6. The highest BCUT2D eigenvalue weighted by atomic mass is 16.5. The van der Waals surface area contributed by atoms with E-state index in [0.717, 1.165) is 47.5 Å². The molecule has 2 bridgehead atoms. The molecule has 3 aromatic rings. The predicted octanol–water partition coefficient (Wildman–Crippen LogP) is 2.63. The number of benzene rings is 2. The van der Waals surface area contributed by atoms with Crippen LogP contribution in [-0.4, -0.2) is 46.1 Å². The van der Waals surface area contributed by atoms with Crippen molar-refractivity contribution in [1.82, 2.24) is 25.6 Å². The molecule has 33 heavy (non-hydrogen) atoms. The molecule has 8 heteroatoms. The predicted molar refractivity (Wildman–Crippen MR) is 123 cm³/mol. The Labute approximate surface area is 192 Å². The summed E-state index contributed by atoms with van der Waals surface area (Å²) in [6.07, 6.45) is 5.63. The number of carbonyl (C=O) groups is 1. The third kappa shape index (κ3) is 4.45. The molecule has 1 saturated carbocycles. The summed E-state index contributed by atoms with van der Waals surface area (Å²) in [5.74, 6) is 1.11. The van der Waals surface area contributed by atoms with Crippen LogP contribution >= 0.6 is 0 Å². The lowest BCUT2D eigenvalue weighted by atomic mass is 9.98. The molecule has 1 amide bonds. The number of nitriles is 1. The summed E-state index contributed by atoms with van der Waals surface area (Å²) < 4.78 is 6.99. The molecule has 1 aliphatic carbocycles. The zero-order valence-electron chi connectivity index (χ0n) is 18.4. The zero-order chi connectivity index (χ0) is 22.8. The maximum atomic E-state index is 12.6. The molecule has 0 spiro atoms. The van der Waals surface area contributed by atoms with Gasteiger partial charge in [0.25, 0.3) is 0 Å². The number of nitrogens with zero attached hydrogens (tertiary/aromatic N) is 4. The quantitative estimate of drug-likeness (QED) is 0.583. The van der Waals surface area contributed by atoms with Crippen LogP contribution in [0.25, 0.3) is 16.9 Å². The highest BCUT2D eigenvalue weighted by Gasteiger charge is 2.43. The molecular formula is C25H26N6O2. The van der Waals surface area contributed by atoms with Crippen molar-refractivity contribution < 1.29 is 9.53 Å². The van der Waals surface area contributed by atoms with E-state index in [1.54, 1.807) is 11.8 Å². The number of hydrogen-bond donors (Lipinski definition) is 2. The van der Waals surface area contributed by atoms with Gasteiger partial charge in [0.05, 0.1) is 31.1 Å². The van der Waals surface area contributed by atoms with Gasteiger partial charge in [0, 0.05) is 18.0 Å². The Balaban J connectivity index is 1.22. The van der Waals surface area contributed by atoms with E-state index in [0.29, 0.717) is 18.4 Å². The van der Waals surface area contributed by atoms with E-state index in [1.807, 2.05) is 54.7 Å². The molecule has 2 N–H and O–H groups in total. The van der Waals surface area contributed by atoms with Crippen LogP contribution in [0.5, 0.6) is 5.75 Å². The van der Waals surface area contributed by atoms with E-state index < -0.39 is 6.04 Å². The third-order valence-electron chi connectivity index (χ3n) is 6.61. The summed E-state index contributed by atoms with van der Waals surface area (Å²) in [6.45, 7) is 0. The van der Waals surface area contributed by atoms with Crippen molar-refractivity contribution in [3.63, 3.8) is 0 Å². The second-order valence-electron chi connectivity index (χ2n) is 8.76. The number of ether oxygens (including phenoxy) is 1. The molecular weight excluding hydrogens is 416 g/mol. The maximum Gasteiger partial charge on any atom is 0.238 e. The minimum atomic E-state index is -0.560. The number of hydrogen-bond acceptors (Lipinski definition) is 6. The van der Waals surface area contributed by atoms with Crippen LogP contribution in [0.3, 0.4) is 0 Å². The Kier molecular flexibility index (Phi) is 5.80. The first kappa shape index (κ1) is 21.2. The number of rotatable bonds is 7. The van der Waals surface area contributed by atoms with E-state index >= 15 is 0 Å². The van der Waals surface area contributed by atoms with Gasteiger partial charge < -0.3 is 15.4 Å². The van der Waals surface area contributed by atoms with Crippen LogP contribution in [0.4, 0.5) is 0 Å². The minimum absolute atomic E-state index is 0.0574. The Morgan fingerprint density at radius 2 is 2.15 bits per heavy atom. The number of piperidine rings is 1. The minimum Gasteiger partial charge on any atom is -0.497 e. The Morgan fingerprint density at radius 1 is 1.30 bits per heavy atom. The SMILES string of the molecule is COc1cccc(-c2cn(-c3ccc(CC(C#N)NC(=O)C4NC5CCC4C5)cc3)nn2)c1. The largest absolute Gasteiger partial charge is 0.497 e. The highest BCUT2D eigenvalue weighted by molar-refractivity contribution is 5.83. The Bertz CT molecular complexity index is 1180. The van der Waals surface area contributed by atoms with Crippen molar-refractivity contribution >= 4 is 5.91 Å². The maximum absolute atomic E-state index is 12.6. The molecule has 8 nitrogen and oxygen atoms in total. The number of amides is 1. The first-order valence-electron chi connectivity index (χ1n) is 11.2. The summed E-state index contributed by atoms with van der Waals surface area (Å²) in [5, 5.41) is 24.4. The molecule has 1 aromatic heterocycles. The first-order chi connectivity index (χ1) is 16.1. The highest BCUT2D eigenvalue weighted by Crippen LogP contribution is 2.35. The van der Waals surface area contributed by atoms with Crippen LogP contribution < -0.4 is 15.4 Å². The van der Waals surface area contributed by atoms with Crippen molar-refractivity contribution in [2.45, 2.75) is 43.8 Å². The molecule has 1 aliphatic heterocycles. The Hall–Kier alpha value is -3.70. The van der Waals surface area contributed by atoms with Crippen molar-refractivity contribution in [3.05, 3.63) is 60.3 Å². The normalized spacial score (nSPS) is 22.0. The monoisotopic (exact) mass is 442 g/mol. The van der Waals surface area contributed by atoms with E-state index in [4.69, 9.17) is 4.74 Å². The lowest BCUT2D eigenvalue weighted by Crippen LogP contribution is -2.50. The summed E-state index contributed by atoms with van der Waals surface area (Å²) >= 11 is 0. The molecule has 2 heterocycles. The fourth-order valence-corrected chi connectivity index (χ4v) is 4.87. The van der Waals surface area contributed by atoms with Gasteiger partial charge in [0.1, 0.15) is 17.5 Å². The van der Waals surface area contributed by atoms with E-state index in [1.165, 1.54) is 0 Å². The Morgan fingerprint density at radius 3 is 2.85 bits per heavy atom. The van der Waals surface area contributed by atoms with Gasteiger partial charge in [-0.2, -0.15) is 5.26 Å². The lowest BCUT2D eigenvalue weighted by Gasteiger charge is -2.23. The number of methoxy groups -OCH3 is 1. The van der Waals surface area contributed by atoms with Crippen LogP contribution in [-0.2, 0) is 11.2 Å². The topological polar surface area (TPSA) is 105 Å². The summed E-state index contributed by atoms with van der Waals surface area (Å²) in [7, 11) is 1.63. The summed E-state index contributed by atoms with van der Waals surface area (Å²) in [5.41, 5.74) is 3.51. The third-order valence-corrected chi connectivity index (χ3v) is 6.61. The van der Waals surface area contributed by atoms with Crippen LogP contribution in [0.2, 0.25) is 0 Å². The molecule has 5 rings (SSSR count). The van der Waals surface area contributed by atoms with Crippen LogP contribution in [0, 0.1) is 17.2 Å². The van der Waals surface area contributed by atoms with Gasteiger partial charge >= 0.3 is 0 Å². The van der Waals surface area contributed by atoms with Gasteiger partial charge in [0.2, 0.25) is 5.91 Å². The number of carbonyl (C=O) groups excluding carboxylic acids is 1. The standard InChI is InChI=1S/C25H26N6O2/c1-33-22-4-2-3-17(13-22)23-15-31(30-29-23)21-9-5-16(6-10-21)11-20(14-26)28-25(32)24-18-7-8-19(12-18)27-24/h2-6,9-10,13,15,18-20,24,27H,7-8,11-12H2,1H3,(H,28,32). The zero-order valence-corrected chi connectivity index (χ0v) is 18.4. The van der Waals surface area contributed by atoms with Crippen molar-refractivity contribution in [2.24, 2.45) is 5.92 Å². The van der Waals surface area contributed by atoms with E-state index in [2.05, 4.69) is 27.0 Å². The van der Waals surface area contributed by atoms with Crippen LogP contribution in [0.15, 0.2) is 54.7 Å². The first-order valence-corrected chi connectivity index (χ1v) is 11.2. The average Bonchev–Trinajstić information content (AvgIpc) is 3.61. The molecule has 2 aromatic carbocycles. The van der Waals surface area contributed by atoms with E-state index in [-0.39, 0.29) is 11.9 Å². The van der Waals surface area contributed by atoms with Gasteiger partial charge in [-0.05, 0) is 55.0 Å². The van der Waals surface area contributed by atoms with E-state index in [9.17, 15) is 10.1 Å². The number of nitrogens with one attached hydrogen (secondary N) is 2. The van der Waals surface area contributed by atoms with Crippen molar-refractivity contribution in [3.8, 4) is 28.8 Å². The lowest BCUT2D eigenvalue weighted by molar-refractivity contribution is -0.124. The van der Waals surface area contributed by atoms with Crippen molar-refractivity contribution in [2.75, 3.05) is 7.11 Å². The number of aromatic nitrogens is 3. The molecule has 1 saturated heterocycles. The van der Waals surface area contributed by atoms with Gasteiger partial charge in [-0.3, -0.25) is 4.79 Å². The van der Waals surface area contributed by atoms with Crippen molar-refractivity contribution in [1.29, 1.82) is 5.26 Å². The molecule has 2 aliphatic rings. The van der Waals surface area contributed by atoms with Gasteiger partial charge in [-0.25, -0.2) is 4.68 Å². The fraction of sp³-hybridized carbons (Fsp3) is 0.360. The smallest absolute Gasteiger partial charge is 0.238 e. The van der Waals surface area contributed by atoms with Crippen LogP contribution in [0.1, 0.15) is 24.8 Å². The van der Waals surface area contributed by atoms with Gasteiger partial charge in [-0.15, -0.1) is 5.10 Å². The molecule has 2 fully saturated rings. The second-order valence-corrected chi connectivity index (χ2v) is 8.76. The molecule has 0 radical (unpaired) electrons. The molecule has 4 unspecified atom stereocenters. The fourth-order valence-electron chi connectivity index (χ4n) is 4.87.